The summed E-state index contributed by atoms with van der Waals surface area (Å²) < 4.78 is 13.3. The summed E-state index contributed by atoms with van der Waals surface area (Å²) in [4.78, 5) is 3.21. The molecule has 0 aromatic heterocycles. The van der Waals surface area contributed by atoms with Crippen molar-refractivity contribution in [3.8, 4) is 0 Å². The fourth-order valence-corrected chi connectivity index (χ4v) is 1.13. The minimum atomic E-state index is -0.288. The number of rotatable bonds is 0. The summed E-state index contributed by atoms with van der Waals surface area (Å²) in [6.45, 7) is 8.36. The monoisotopic (exact) mass is 213 g/mol. The van der Waals surface area contributed by atoms with Gasteiger partial charge in [-0.05, 0) is 24.6 Å². The number of hydrogen-bond donors (Lipinski definition) is 0. The smallest absolute Gasteiger partial charge is 0.201 e. The molecule has 0 amide bonds. The lowest BCUT2D eigenvalue weighted by Crippen LogP contribution is -1.80. The minimum Gasteiger partial charge on any atom is -0.237 e. The number of halogens is 2. The van der Waals surface area contributed by atoms with Crippen molar-refractivity contribution < 1.29 is 4.39 Å². The van der Waals surface area contributed by atoms with E-state index in [-0.39, 0.29) is 5.82 Å². The van der Waals surface area contributed by atoms with Crippen LogP contribution in [0, 0.1) is 19.3 Å². The van der Waals surface area contributed by atoms with Gasteiger partial charge in [0, 0.05) is 4.47 Å². The van der Waals surface area contributed by atoms with Crippen LogP contribution in [-0.4, -0.2) is 0 Å². The first kappa shape index (κ1) is 8.22. The normalized spacial score (nSPS) is 9.27. The van der Waals surface area contributed by atoms with Crippen LogP contribution in [0.1, 0.15) is 5.56 Å². The van der Waals surface area contributed by atoms with E-state index < -0.39 is 0 Å². The number of nitrogens with zero attached hydrogens (tertiary/aromatic N) is 1. The Kier molecular flexibility index (Phi) is 2.25. The lowest BCUT2D eigenvalue weighted by atomic mass is 10.2. The largest absolute Gasteiger partial charge is 0.237 e. The molecule has 0 aliphatic rings. The van der Waals surface area contributed by atoms with Crippen molar-refractivity contribution in [1.82, 2.24) is 0 Å². The van der Waals surface area contributed by atoms with Gasteiger partial charge >= 0.3 is 0 Å². The predicted octanol–water partition coefficient (Wildman–Crippen LogP) is 3.45. The maximum Gasteiger partial charge on any atom is 0.201 e. The van der Waals surface area contributed by atoms with Gasteiger partial charge < -0.3 is 0 Å². The molecule has 0 unspecified atom stereocenters. The molecule has 0 aliphatic carbocycles. The molecule has 0 saturated heterocycles. The van der Waals surface area contributed by atoms with Gasteiger partial charge in [0.2, 0.25) is 5.69 Å². The molecular weight excluding hydrogens is 209 g/mol. The van der Waals surface area contributed by atoms with Crippen LogP contribution >= 0.6 is 15.9 Å². The van der Waals surface area contributed by atoms with Crippen LogP contribution in [0.15, 0.2) is 16.6 Å². The fourth-order valence-electron chi connectivity index (χ4n) is 0.728. The number of aryl methyl sites for hydroxylation is 1. The Hall–Kier alpha value is -0.880. The second kappa shape index (κ2) is 3.02. The number of benzene rings is 1. The third kappa shape index (κ3) is 1.58. The van der Waals surface area contributed by atoms with E-state index in [9.17, 15) is 4.39 Å². The molecule has 0 radical (unpaired) electrons. The van der Waals surface area contributed by atoms with Gasteiger partial charge in [0.25, 0.3) is 0 Å². The minimum absolute atomic E-state index is 0.288. The average molecular weight is 214 g/mol. The Morgan fingerprint density at radius 1 is 1.55 bits per heavy atom. The molecule has 1 rings (SSSR count). The van der Waals surface area contributed by atoms with Gasteiger partial charge in [0.15, 0.2) is 0 Å². The standard InChI is InChI=1S/C8H5BrFN/c1-5-3-8(11-2)6(9)4-7(5)10/h3-4H,1H3. The zero-order valence-corrected chi connectivity index (χ0v) is 7.44. The maximum absolute atomic E-state index is 12.8. The zero-order valence-electron chi connectivity index (χ0n) is 5.86. The second-order valence-corrected chi connectivity index (χ2v) is 3.02. The molecule has 0 heterocycles. The Labute approximate surface area is 72.8 Å². The van der Waals surface area contributed by atoms with Gasteiger partial charge in [-0.2, -0.15) is 0 Å². The van der Waals surface area contributed by atoms with Crippen molar-refractivity contribution in [3.63, 3.8) is 0 Å². The summed E-state index contributed by atoms with van der Waals surface area (Å²) in [5.41, 5.74) is 0.947. The summed E-state index contributed by atoms with van der Waals surface area (Å²) in [6, 6.07) is 2.83. The molecular formula is C8H5BrFN. The van der Waals surface area contributed by atoms with Gasteiger partial charge in [-0.15, -0.1) is 0 Å². The average Bonchev–Trinajstić information content (AvgIpc) is 1.97. The van der Waals surface area contributed by atoms with Crippen LogP contribution in [0.4, 0.5) is 10.1 Å². The molecule has 0 bridgehead atoms. The molecule has 0 fully saturated rings. The molecule has 11 heavy (non-hydrogen) atoms. The van der Waals surface area contributed by atoms with Crippen molar-refractivity contribution in [2.75, 3.05) is 0 Å². The van der Waals surface area contributed by atoms with E-state index in [0.717, 1.165) is 0 Å². The van der Waals surface area contributed by atoms with E-state index in [1.54, 1.807) is 6.92 Å². The van der Waals surface area contributed by atoms with Crippen LogP contribution in [0.2, 0.25) is 0 Å². The Balaban J connectivity index is 3.35. The highest BCUT2D eigenvalue weighted by atomic mass is 79.9. The first-order chi connectivity index (χ1) is 5.15. The highest BCUT2D eigenvalue weighted by molar-refractivity contribution is 9.10. The van der Waals surface area contributed by atoms with Crippen LogP contribution in [-0.2, 0) is 0 Å². The molecule has 1 aromatic rings. The Morgan fingerprint density at radius 3 is 2.73 bits per heavy atom. The van der Waals surface area contributed by atoms with Crippen molar-refractivity contribution in [3.05, 3.63) is 39.4 Å². The third-order valence-corrected chi connectivity index (χ3v) is 1.98. The topological polar surface area (TPSA) is 4.36 Å². The highest BCUT2D eigenvalue weighted by Crippen LogP contribution is 2.27. The van der Waals surface area contributed by atoms with Gasteiger partial charge in [0.05, 0.1) is 6.57 Å². The first-order valence-electron chi connectivity index (χ1n) is 2.98. The van der Waals surface area contributed by atoms with Crippen molar-refractivity contribution >= 4 is 21.6 Å². The van der Waals surface area contributed by atoms with E-state index in [4.69, 9.17) is 6.57 Å². The molecule has 1 aromatic carbocycles. The van der Waals surface area contributed by atoms with Gasteiger partial charge in [-0.3, -0.25) is 0 Å². The highest BCUT2D eigenvalue weighted by Gasteiger charge is 2.03. The first-order valence-corrected chi connectivity index (χ1v) is 3.77. The summed E-state index contributed by atoms with van der Waals surface area (Å²) >= 11 is 3.09. The van der Waals surface area contributed by atoms with E-state index >= 15 is 0 Å². The van der Waals surface area contributed by atoms with Gasteiger partial charge in [0.1, 0.15) is 5.82 Å². The maximum atomic E-state index is 12.8. The zero-order chi connectivity index (χ0) is 8.43. The molecule has 0 atom stereocenters. The van der Waals surface area contributed by atoms with E-state index in [1.807, 2.05) is 0 Å². The molecule has 0 saturated carbocycles. The van der Waals surface area contributed by atoms with E-state index in [1.165, 1.54) is 12.1 Å². The third-order valence-electron chi connectivity index (χ3n) is 1.35. The SMILES string of the molecule is [C-]#[N+]c1cc(C)c(F)cc1Br. The van der Waals surface area contributed by atoms with Crippen molar-refractivity contribution in [2.45, 2.75) is 6.92 Å². The summed E-state index contributed by atoms with van der Waals surface area (Å²) in [5.74, 6) is -0.288. The summed E-state index contributed by atoms with van der Waals surface area (Å²) in [6.07, 6.45) is 0. The molecule has 0 N–H and O–H groups in total. The van der Waals surface area contributed by atoms with Gasteiger partial charge in [-0.1, -0.05) is 15.9 Å². The Morgan fingerprint density at radius 2 is 2.18 bits per heavy atom. The lowest BCUT2D eigenvalue weighted by molar-refractivity contribution is 0.618. The number of hydrogen-bond acceptors (Lipinski definition) is 0. The fraction of sp³-hybridized carbons (Fsp3) is 0.125. The molecule has 1 nitrogen and oxygen atoms in total. The van der Waals surface area contributed by atoms with Crippen LogP contribution in [0.25, 0.3) is 4.85 Å². The van der Waals surface area contributed by atoms with Crippen LogP contribution in [0.5, 0.6) is 0 Å². The summed E-state index contributed by atoms with van der Waals surface area (Å²) in [5, 5.41) is 0. The molecule has 3 heteroatoms. The molecule has 56 valence electrons. The quantitative estimate of drug-likeness (QED) is 0.582. The predicted molar refractivity (Wildman–Crippen MR) is 45.1 cm³/mol. The lowest BCUT2D eigenvalue weighted by Gasteiger charge is -1.98. The van der Waals surface area contributed by atoms with Crippen LogP contribution in [0.3, 0.4) is 0 Å². The van der Waals surface area contributed by atoms with Crippen molar-refractivity contribution in [1.29, 1.82) is 0 Å². The van der Waals surface area contributed by atoms with Gasteiger partial charge in [-0.25, -0.2) is 9.24 Å². The second-order valence-electron chi connectivity index (χ2n) is 2.16. The van der Waals surface area contributed by atoms with E-state index in [2.05, 4.69) is 20.8 Å². The summed E-state index contributed by atoms with van der Waals surface area (Å²) in [7, 11) is 0. The molecule has 0 spiro atoms. The van der Waals surface area contributed by atoms with Crippen LogP contribution < -0.4 is 0 Å². The molecule has 0 aliphatic heterocycles. The van der Waals surface area contributed by atoms with Crippen molar-refractivity contribution in [2.24, 2.45) is 0 Å². The van der Waals surface area contributed by atoms with E-state index in [0.29, 0.717) is 15.7 Å². The Bertz CT molecular complexity index is 328.